The molecule has 0 unspecified atom stereocenters. The number of likely N-dealkylation sites (tertiary alicyclic amines) is 1. The lowest BCUT2D eigenvalue weighted by Gasteiger charge is -2.43. The summed E-state index contributed by atoms with van der Waals surface area (Å²) in [4.78, 5) is 9.24. The summed E-state index contributed by atoms with van der Waals surface area (Å²) in [5.74, 6) is 1.88. The summed E-state index contributed by atoms with van der Waals surface area (Å²) >= 11 is 0. The smallest absolute Gasteiger partial charge is 0.142 e. The van der Waals surface area contributed by atoms with E-state index in [1.54, 1.807) is 12.3 Å². The third-order valence-corrected chi connectivity index (χ3v) is 5.31. The van der Waals surface area contributed by atoms with Gasteiger partial charge in [-0.3, -0.25) is 4.90 Å². The molecule has 2 fully saturated rings. The quantitative estimate of drug-likeness (QED) is 0.846. The molecule has 1 spiro atoms. The van der Waals surface area contributed by atoms with E-state index < -0.39 is 0 Å². The summed E-state index contributed by atoms with van der Waals surface area (Å²) in [5.41, 5.74) is 0.552. The van der Waals surface area contributed by atoms with Crippen LogP contribution in [0.25, 0.3) is 0 Å². The third kappa shape index (κ3) is 3.74. The first-order valence-electron chi connectivity index (χ1n) is 9.21. The normalized spacial score (nSPS) is 24.3. The maximum Gasteiger partial charge on any atom is 0.142 e. The number of piperidine rings is 1. The van der Waals surface area contributed by atoms with E-state index in [1.165, 1.54) is 0 Å². The van der Waals surface area contributed by atoms with E-state index in [4.69, 9.17) is 14.4 Å². The van der Waals surface area contributed by atoms with Gasteiger partial charge in [0.2, 0.25) is 0 Å². The Labute approximate surface area is 154 Å². The Morgan fingerprint density at radius 2 is 2.15 bits per heavy atom. The first kappa shape index (κ1) is 17.1. The summed E-state index contributed by atoms with van der Waals surface area (Å²) in [7, 11) is 0. The van der Waals surface area contributed by atoms with E-state index in [0.29, 0.717) is 12.3 Å². The molecule has 136 valence electrons. The van der Waals surface area contributed by atoms with Crippen LogP contribution in [-0.4, -0.2) is 49.3 Å². The van der Waals surface area contributed by atoms with E-state index >= 15 is 0 Å². The Kier molecular flexibility index (Phi) is 4.91. The Balaban J connectivity index is 1.51. The van der Waals surface area contributed by atoms with Crippen LogP contribution in [0.15, 0.2) is 41.0 Å². The van der Waals surface area contributed by atoms with Crippen molar-refractivity contribution in [2.45, 2.75) is 19.4 Å². The fourth-order valence-electron chi connectivity index (χ4n) is 4.17. The van der Waals surface area contributed by atoms with Crippen LogP contribution in [0.2, 0.25) is 0 Å². The topological polar surface area (TPSA) is 65.5 Å². The van der Waals surface area contributed by atoms with E-state index in [9.17, 15) is 0 Å². The number of ether oxygens (including phenoxy) is 1. The standard InChI is InChI=1S/C20H24N4O2/c21-12-17-4-1-6-19(22-17)24-9-11-25-16-20(15-24)7-3-8-23(14-20)13-18-5-2-10-26-18/h1-2,4-6,10H,3,7-9,11,13-16H2/t20-/m1/s1. The van der Waals surface area contributed by atoms with Crippen molar-refractivity contribution in [2.75, 3.05) is 44.3 Å². The molecule has 0 N–H and O–H groups in total. The van der Waals surface area contributed by atoms with Crippen LogP contribution >= 0.6 is 0 Å². The van der Waals surface area contributed by atoms with E-state index in [1.807, 2.05) is 24.3 Å². The molecule has 2 saturated heterocycles. The van der Waals surface area contributed by atoms with Gasteiger partial charge >= 0.3 is 0 Å². The van der Waals surface area contributed by atoms with Gasteiger partial charge in [0.25, 0.3) is 0 Å². The Morgan fingerprint density at radius 1 is 1.19 bits per heavy atom. The maximum absolute atomic E-state index is 9.14. The fraction of sp³-hybridized carbons (Fsp3) is 0.500. The second-order valence-corrected chi connectivity index (χ2v) is 7.36. The molecule has 2 aliphatic rings. The van der Waals surface area contributed by atoms with Gasteiger partial charge in [0.1, 0.15) is 23.3 Å². The van der Waals surface area contributed by atoms with Gasteiger partial charge in [-0.05, 0) is 43.7 Å². The number of hydrogen-bond donors (Lipinski definition) is 0. The number of nitrogens with zero attached hydrogens (tertiary/aromatic N) is 4. The minimum absolute atomic E-state index is 0.0890. The van der Waals surface area contributed by atoms with Gasteiger partial charge in [-0.25, -0.2) is 4.98 Å². The average molecular weight is 352 g/mol. The van der Waals surface area contributed by atoms with Gasteiger partial charge in [-0.1, -0.05) is 6.07 Å². The van der Waals surface area contributed by atoms with Gasteiger partial charge in [0.05, 0.1) is 26.0 Å². The van der Waals surface area contributed by atoms with Crippen LogP contribution in [0.3, 0.4) is 0 Å². The molecule has 2 aliphatic heterocycles. The molecule has 6 heteroatoms. The number of nitriles is 1. The molecular weight excluding hydrogens is 328 g/mol. The summed E-state index contributed by atoms with van der Waals surface area (Å²) in [6.07, 6.45) is 4.04. The average Bonchev–Trinajstić information content (AvgIpc) is 3.09. The molecule has 0 amide bonds. The van der Waals surface area contributed by atoms with E-state index in [0.717, 1.165) is 63.8 Å². The maximum atomic E-state index is 9.14. The Bertz CT molecular complexity index is 770. The summed E-state index contributed by atoms with van der Waals surface area (Å²) in [5, 5.41) is 9.14. The number of furan rings is 1. The zero-order valence-corrected chi connectivity index (χ0v) is 14.9. The first-order chi connectivity index (χ1) is 12.8. The Morgan fingerprint density at radius 3 is 3.00 bits per heavy atom. The van der Waals surface area contributed by atoms with Crippen LogP contribution in [0.1, 0.15) is 24.3 Å². The second kappa shape index (κ2) is 7.48. The molecule has 0 radical (unpaired) electrons. The van der Waals surface area contributed by atoms with Crippen molar-refractivity contribution in [2.24, 2.45) is 5.41 Å². The number of pyridine rings is 1. The lowest BCUT2D eigenvalue weighted by molar-refractivity contribution is 0.00879. The molecule has 4 heterocycles. The highest BCUT2D eigenvalue weighted by atomic mass is 16.5. The van der Waals surface area contributed by atoms with Crippen molar-refractivity contribution in [1.29, 1.82) is 5.26 Å². The molecule has 1 atom stereocenters. The number of rotatable bonds is 3. The zero-order chi connectivity index (χ0) is 17.8. The predicted molar refractivity (Wildman–Crippen MR) is 97.6 cm³/mol. The van der Waals surface area contributed by atoms with Crippen molar-refractivity contribution >= 4 is 5.82 Å². The monoisotopic (exact) mass is 352 g/mol. The molecule has 6 nitrogen and oxygen atoms in total. The summed E-state index contributed by atoms with van der Waals surface area (Å²) in [6.45, 7) is 6.10. The van der Waals surface area contributed by atoms with Crippen molar-refractivity contribution in [3.05, 3.63) is 48.0 Å². The molecule has 2 aromatic rings. The highest BCUT2D eigenvalue weighted by Gasteiger charge is 2.39. The van der Waals surface area contributed by atoms with Crippen LogP contribution < -0.4 is 4.90 Å². The minimum Gasteiger partial charge on any atom is -0.468 e. The number of anilines is 1. The molecule has 0 saturated carbocycles. The van der Waals surface area contributed by atoms with Crippen LogP contribution in [0, 0.1) is 16.7 Å². The second-order valence-electron chi connectivity index (χ2n) is 7.36. The summed E-state index contributed by atoms with van der Waals surface area (Å²) < 4.78 is 11.5. The third-order valence-electron chi connectivity index (χ3n) is 5.31. The van der Waals surface area contributed by atoms with Gasteiger partial charge < -0.3 is 14.1 Å². The highest BCUT2D eigenvalue weighted by molar-refractivity contribution is 5.42. The van der Waals surface area contributed by atoms with Crippen LogP contribution in [0.5, 0.6) is 0 Å². The van der Waals surface area contributed by atoms with Crippen molar-refractivity contribution < 1.29 is 9.15 Å². The van der Waals surface area contributed by atoms with Gasteiger partial charge in [-0.2, -0.15) is 5.26 Å². The molecule has 0 bridgehead atoms. The van der Waals surface area contributed by atoms with Gasteiger partial charge in [0, 0.05) is 25.0 Å². The van der Waals surface area contributed by atoms with Crippen LogP contribution in [0.4, 0.5) is 5.82 Å². The molecule has 0 aliphatic carbocycles. The zero-order valence-electron chi connectivity index (χ0n) is 14.9. The van der Waals surface area contributed by atoms with Crippen molar-refractivity contribution in [1.82, 2.24) is 9.88 Å². The lowest BCUT2D eigenvalue weighted by Crippen LogP contribution is -2.50. The predicted octanol–water partition coefficient (Wildman–Crippen LogP) is 2.67. The van der Waals surface area contributed by atoms with Crippen LogP contribution in [-0.2, 0) is 11.3 Å². The minimum atomic E-state index is 0.0890. The summed E-state index contributed by atoms with van der Waals surface area (Å²) in [6, 6.07) is 11.8. The Hall–Kier alpha value is -2.36. The van der Waals surface area contributed by atoms with Gasteiger partial charge in [-0.15, -0.1) is 0 Å². The SMILES string of the molecule is N#Cc1cccc(N2CCOC[C@@]3(CCCN(Cc4ccco4)C3)C2)n1. The highest BCUT2D eigenvalue weighted by Crippen LogP contribution is 2.34. The van der Waals surface area contributed by atoms with Crippen molar-refractivity contribution in [3.8, 4) is 6.07 Å². The van der Waals surface area contributed by atoms with E-state index in [-0.39, 0.29) is 5.41 Å². The van der Waals surface area contributed by atoms with E-state index in [2.05, 4.69) is 20.9 Å². The fourth-order valence-corrected chi connectivity index (χ4v) is 4.17. The lowest BCUT2D eigenvalue weighted by atomic mass is 9.80. The molecule has 4 rings (SSSR count). The molecule has 2 aromatic heterocycles. The molecule has 26 heavy (non-hydrogen) atoms. The number of hydrogen-bond acceptors (Lipinski definition) is 6. The molecule has 0 aromatic carbocycles. The molecular formula is C20H24N4O2. The number of aromatic nitrogens is 1. The van der Waals surface area contributed by atoms with Crippen molar-refractivity contribution in [3.63, 3.8) is 0 Å². The largest absolute Gasteiger partial charge is 0.468 e. The van der Waals surface area contributed by atoms with Gasteiger partial charge in [0.15, 0.2) is 0 Å². The first-order valence-corrected chi connectivity index (χ1v) is 9.21.